The molecule has 2 aromatic rings. The second-order valence-electron chi connectivity index (χ2n) is 6.87. The molecule has 0 atom stereocenters. The van der Waals surface area contributed by atoms with Crippen LogP contribution in [0.2, 0.25) is 0 Å². The smallest absolute Gasteiger partial charge is 0.323 e. The van der Waals surface area contributed by atoms with Crippen LogP contribution in [0.3, 0.4) is 0 Å². The van der Waals surface area contributed by atoms with Gasteiger partial charge in [0.2, 0.25) is 0 Å². The van der Waals surface area contributed by atoms with Crippen molar-refractivity contribution in [3.63, 3.8) is 0 Å². The van der Waals surface area contributed by atoms with E-state index in [0.29, 0.717) is 29.5 Å². The van der Waals surface area contributed by atoms with Crippen molar-refractivity contribution in [2.45, 2.75) is 32.1 Å². The lowest BCUT2D eigenvalue weighted by atomic mass is 9.89. The lowest BCUT2D eigenvalue weighted by Gasteiger charge is -2.21. The van der Waals surface area contributed by atoms with E-state index in [-0.39, 0.29) is 12.1 Å². The Bertz CT molecular complexity index is 758. The molecular formula is C21H26N4O2. The molecule has 4 N–H and O–H groups in total. The number of amides is 4. The average Bonchev–Trinajstić information content (AvgIpc) is 2.68. The summed E-state index contributed by atoms with van der Waals surface area (Å²) in [5, 5.41) is 11.3. The van der Waals surface area contributed by atoms with Crippen LogP contribution in [-0.4, -0.2) is 18.6 Å². The molecule has 0 aromatic heterocycles. The second-order valence-corrected chi connectivity index (χ2v) is 6.87. The van der Waals surface area contributed by atoms with E-state index >= 15 is 0 Å². The third kappa shape index (κ3) is 6.33. The third-order valence-corrected chi connectivity index (χ3v) is 4.69. The highest BCUT2D eigenvalue weighted by atomic mass is 16.2. The summed E-state index contributed by atoms with van der Waals surface area (Å²) in [6.07, 6.45) is 6.20. The average molecular weight is 366 g/mol. The summed E-state index contributed by atoms with van der Waals surface area (Å²) >= 11 is 0. The first-order valence-corrected chi connectivity index (χ1v) is 9.47. The summed E-state index contributed by atoms with van der Waals surface area (Å²) in [4.78, 5) is 24.2. The molecule has 6 heteroatoms. The fraction of sp³-hybridized carbons (Fsp3) is 0.333. The predicted molar refractivity (Wildman–Crippen MR) is 109 cm³/mol. The number of carbonyl (C=O) groups is 2. The van der Waals surface area contributed by atoms with Crippen molar-refractivity contribution >= 4 is 29.1 Å². The van der Waals surface area contributed by atoms with Crippen LogP contribution in [0, 0.1) is 5.92 Å². The summed E-state index contributed by atoms with van der Waals surface area (Å²) in [7, 11) is 0. The minimum absolute atomic E-state index is 0.216. The molecule has 2 aromatic carbocycles. The number of urea groups is 2. The van der Waals surface area contributed by atoms with Crippen molar-refractivity contribution in [3.8, 4) is 0 Å². The lowest BCUT2D eigenvalue weighted by molar-refractivity contribution is 0.247. The van der Waals surface area contributed by atoms with Gasteiger partial charge in [-0.1, -0.05) is 43.5 Å². The van der Waals surface area contributed by atoms with Crippen LogP contribution in [0.1, 0.15) is 32.1 Å². The SMILES string of the molecule is O=C(NCC1CCCCC1)Nc1cccc(NC(=O)Nc2ccccc2)c1. The van der Waals surface area contributed by atoms with Gasteiger partial charge in [0, 0.05) is 23.6 Å². The number of nitrogens with one attached hydrogen (secondary N) is 4. The molecule has 4 amide bonds. The van der Waals surface area contributed by atoms with Crippen LogP contribution >= 0.6 is 0 Å². The molecule has 0 unspecified atom stereocenters. The molecule has 0 bridgehead atoms. The van der Waals surface area contributed by atoms with Crippen molar-refractivity contribution in [1.29, 1.82) is 0 Å². The quantitative estimate of drug-likeness (QED) is 0.598. The van der Waals surface area contributed by atoms with Gasteiger partial charge in [0.15, 0.2) is 0 Å². The van der Waals surface area contributed by atoms with E-state index in [4.69, 9.17) is 0 Å². The fourth-order valence-corrected chi connectivity index (χ4v) is 3.29. The van der Waals surface area contributed by atoms with Crippen molar-refractivity contribution in [3.05, 3.63) is 54.6 Å². The van der Waals surface area contributed by atoms with E-state index in [1.807, 2.05) is 30.3 Å². The van der Waals surface area contributed by atoms with Gasteiger partial charge < -0.3 is 21.3 Å². The van der Waals surface area contributed by atoms with Gasteiger partial charge >= 0.3 is 12.1 Å². The Labute approximate surface area is 159 Å². The van der Waals surface area contributed by atoms with E-state index in [0.717, 1.165) is 0 Å². The molecule has 1 aliphatic carbocycles. The highest BCUT2D eigenvalue weighted by Crippen LogP contribution is 2.22. The van der Waals surface area contributed by atoms with Crippen molar-refractivity contribution in [2.24, 2.45) is 5.92 Å². The van der Waals surface area contributed by atoms with Gasteiger partial charge in [-0.05, 0) is 49.1 Å². The molecule has 1 saturated carbocycles. The number of benzene rings is 2. The Hall–Kier alpha value is -3.02. The van der Waals surface area contributed by atoms with E-state index in [9.17, 15) is 9.59 Å². The van der Waals surface area contributed by atoms with Gasteiger partial charge in [-0.15, -0.1) is 0 Å². The van der Waals surface area contributed by atoms with Gasteiger partial charge in [0.1, 0.15) is 0 Å². The molecule has 0 heterocycles. The molecule has 1 aliphatic rings. The minimum atomic E-state index is -0.333. The lowest BCUT2D eigenvalue weighted by Crippen LogP contribution is -2.33. The molecule has 0 radical (unpaired) electrons. The largest absolute Gasteiger partial charge is 0.338 e. The number of carbonyl (C=O) groups excluding carboxylic acids is 2. The standard InChI is InChI=1S/C21H26N4O2/c26-20(22-15-16-8-3-1-4-9-16)24-18-12-7-13-19(14-18)25-21(27)23-17-10-5-2-6-11-17/h2,5-7,10-14,16H,1,3-4,8-9,15H2,(H2,22,24,26)(H2,23,25,27). The predicted octanol–water partition coefficient (Wildman–Crippen LogP) is 5.03. The minimum Gasteiger partial charge on any atom is -0.338 e. The van der Waals surface area contributed by atoms with Gasteiger partial charge in [0.25, 0.3) is 0 Å². The topological polar surface area (TPSA) is 82.3 Å². The first-order chi connectivity index (χ1) is 13.2. The van der Waals surface area contributed by atoms with Crippen LogP contribution in [0.25, 0.3) is 0 Å². The molecule has 27 heavy (non-hydrogen) atoms. The maximum Gasteiger partial charge on any atom is 0.323 e. The summed E-state index contributed by atoms with van der Waals surface area (Å²) in [6.45, 7) is 0.712. The zero-order valence-electron chi connectivity index (χ0n) is 15.3. The Balaban J connectivity index is 1.47. The number of hydrogen-bond donors (Lipinski definition) is 4. The van der Waals surface area contributed by atoms with Gasteiger partial charge in [-0.3, -0.25) is 0 Å². The monoisotopic (exact) mass is 366 g/mol. The number of hydrogen-bond acceptors (Lipinski definition) is 2. The normalized spacial score (nSPS) is 14.2. The zero-order valence-corrected chi connectivity index (χ0v) is 15.3. The fourth-order valence-electron chi connectivity index (χ4n) is 3.29. The Kier molecular flexibility index (Phi) is 6.68. The van der Waals surface area contributed by atoms with E-state index < -0.39 is 0 Å². The molecule has 0 spiro atoms. The van der Waals surface area contributed by atoms with E-state index in [2.05, 4.69) is 21.3 Å². The first-order valence-electron chi connectivity index (χ1n) is 9.47. The van der Waals surface area contributed by atoms with E-state index in [1.54, 1.807) is 24.3 Å². The molecule has 1 fully saturated rings. The summed E-state index contributed by atoms with van der Waals surface area (Å²) in [5.41, 5.74) is 1.95. The summed E-state index contributed by atoms with van der Waals surface area (Å²) in [6, 6.07) is 15.8. The second kappa shape index (κ2) is 9.62. The molecule has 6 nitrogen and oxygen atoms in total. The van der Waals surface area contributed by atoms with Crippen LogP contribution in [0.15, 0.2) is 54.6 Å². The molecular weight excluding hydrogens is 340 g/mol. The summed E-state index contributed by atoms with van der Waals surface area (Å²) < 4.78 is 0. The van der Waals surface area contributed by atoms with E-state index in [1.165, 1.54) is 32.1 Å². The van der Waals surface area contributed by atoms with Crippen LogP contribution < -0.4 is 21.3 Å². The van der Waals surface area contributed by atoms with Gasteiger partial charge in [-0.2, -0.15) is 0 Å². The molecule has 0 saturated heterocycles. The first kappa shape index (κ1) is 18.8. The van der Waals surface area contributed by atoms with Crippen LogP contribution in [0.4, 0.5) is 26.7 Å². The van der Waals surface area contributed by atoms with Crippen molar-refractivity contribution < 1.29 is 9.59 Å². The maximum atomic E-state index is 12.1. The third-order valence-electron chi connectivity index (χ3n) is 4.69. The maximum absolute atomic E-state index is 12.1. The Morgan fingerprint density at radius 3 is 2.04 bits per heavy atom. The Morgan fingerprint density at radius 1 is 0.741 bits per heavy atom. The number of para-hydroxylation sites is 1. The molecule has 3 rings (SSSR count). The van der Waals surface area contributed by atoms with Crippen molar-refractivity contribution in [1.82, 2.24) is 5.32 Å². The van der Waals surface area contributed by atoms with Crippen LogP contribution in [0.5, 0.6) is 0 Å². The van der Waals surface area contributed by atoms with Crippen LogP contribution in [-0.2, 0) is 0 Å². The van der Waals surface area contributed by atoms with Gasteiger partial charge in [0.05, 0.1) is 0 Å². The molecule has 0 aliphatic heterocycles. The van der Waals surface area contributed by atoms with Gasteiger partial charge in [-0.25, -0.2) is 9.59 Å². The molecule has 142 valence electrons. The zero-order chi connectivity index (χ0) is 18.9. The summed E-state index contributed by atoms with van der Waals surface area (Å²) in [5.74, 6) is 0.583. The van der Waals surface area contributed by atoms with Crippen molar-refractivity contribution in [2.75, 3.05) is 22.5 Å². The number of rotatable bonds is 5. The highest BCUT2D eigenvalue weighted by Gasteiger charge is 2.14. The highest BCUT2D eigenvalue weighted by molar-refractivity contribution is 6.00. The number of anilines is 3. The Morgan fingerprint density at radius 2 is 1.33 bits per heavy atom.